The fourth-order valence-corrected chi connectivity index (χ4v) is 2.69. The lowest BCUT2D eigenvalue weighted by molar-refractivity contribution is 0.262. The topological polar surface area (TPSA) is 24.5 Å². The van der Waals surface area contributed by atoms with Gasteiger partial charge in [0.2, 0.25) is 0 Å². The molecule has 0 spiro atoms. The van der Waals surface area contributed by atoms with Crippen molar-refractivity contribution in [2.75, 3.05) is 39.2 Å². The van der Waals surface area contributed by atoms with E-state index < -0.39 is 0 Å². The molecule has 3 nitrogen and oxygen atoms in total. The second-order valence-corrected chi connectivity index (χ2v) is 5.27. The molecule has 1 rings (SSSR count). The van der Waals surface area contributed by atoms with Crippen molar-refractivity contribution in [3.8, 4) is 5.75 Å². The Morgan fingerprint density at radius 3 is 2.37 bits per heavy atom. The molecule has 0 saturated carbocycles. The van der Waals surface area contributed by atoms with Gasteiger partial charge in [0.05, 0.1) is 12.8 Å². The molecule has 0 saturated heterocycles. The van der Waals surface area contributed by atoms with Crippen molar-refractivity contribution in [3.63, 3.8) is 0 Å². The Balaban J connectivity index is 2.90. The van der Waals surface area contributed by atoms with Crippen molar-refractivity contribution in [3.05, 3.63) is 24.3 Å². The molecule has 0 aliphatic rings. The summed E-state index contributed by atoms with van der Waals surface area (Å²) in [5.41, 5.74) is 1.47. The van der Waals surface area contributed by atoms with Gasteiger partial charge >= 0.3 is 0 Å². The number of hydrogen-bond donors (Lipinski definition) is 1. The summed E-state index contributed by atoms with van der Waals surface area (Å²) in [6, 6.07) is 8.21. The minimum Gasteiger partial charge on any atom is -0.495 e. The summed E-state index contributed by atoms with van der Waals surface area (Å²) < 4.78 is 5.45. The third-order valence-electron chi connectivity index (χ3n) is 4.12. The summed E-state index contributed by atoms with van der Waals surface area (Å²) in [6.07, 6.45) is 2.34. The van der Waals surface area contributed by atoms with Crippen LogP contribution in [0.3, 0.4) is 0 Å². The van der Waals surface area contributed by atoms with E-state index in [2.05, 4.69) is 43.2 Å². The molecule has 1 N–H and O–H groups in total. The van der Waals surface area contributed by atoms with Crippen LogP contribution in [-0.2, 0) is 0 Å². The fourth-order valence-electron chi connectivity index (χ4n) is 2.69. The molecule has 0 atom stereocenters. The van der Waals surface area contributed by atoms with E-state index in [1.807, 2.05) is 19.2 Å². The normalized spacial score (nSPS) is 11.4. The zero-order valence-electron chi connectivity index (χ0n) is 13.0. The molecule has 3 heteroatoms. The first-order chi connectivity index (χ1) is 9.12. The van der Waals surface area contributed by atoms with Crippen LogP contribution in [0.25, 0.3) is 0 Å². The lowest BCUT2D eigenvalue weighted by Crippen LogP contribution is -2.41. The summed E-state index contributed by atoms with van der Waals surface area (Å²) >= 11 is 0. The molecule has 0 amide bonds. The summed E-state index contributed by atoms with van der Waals surface area (Å²) in [4.78, 5) is 2.31. The Morgan fingerprint density at radius 1 is 1.21 bits per heavy atom. The van der Waals surface area contributed by atoms with Gasteiger partial charge in [-0.05, 0) is 37.4 Å². The third-order valence-corrected chi connectivity index (χ3v) is 4.12. The number of hydrogen-bond acceptors (Lipinski definition) is 3. The van der Waals surface area contributed by atoms with Crippen LogP contribution in [0.4, 0.5) is 5.69 Å². The smallest absolute Gasteiger partial charge is 0.142 e. The molecule has 0 aromatic heterocycles. The van der Waals surface area contributed by atoms with Crippen molar-refractivity contribution in [1.82, 2.24) is 5.32 Å². The van der Waals surface area contributed by atoms with Crippen molar-refractivity contribution < 1.29 is 4.74 Å². The van der Waals surface area contributed by atoms with Gasteiger partial charge in [0.25, 0.3) is 0 Å². The molecule has 19 heavy (non-hydrogen) atoms. The van der Waals surface area contributed by atoms with E-state index in [1.54, 1.807) is 7.11 Å². The lowest BCUT2D eigenvalue weighted by atomic mass is 9.81. The Hall–Kier alpha value is -1.22. The molecule has 0 heterocycles. The van der Waals surface area contributed by atoms with Gasteiger partial charge in [-0.3, -0.25) is 0 Å². The highest BCUT2D eigenvalue weighted by atomic mass is 16.5. The average molecular weight is 264 g/mol. The first-order valence-electron chi connectivity index (χ1n) is 7.11. The van der Waals surface area contributed by atoms with Crippen LogP contribution in [0.5, 0.6) is 5.75 Å². The van der Waals surface area contributed by atoms with E-state index in [0.29, 0.717) is 5.41 Å². The molecule has 1 aromatic carbocycles. The quantitative estimate of drug-likeness (QED) is 0.780. The predicted molar refractivity (Wildman–Crippen MR) is 83.2 cm³/mol. The molecule has 108 valence electrons. The SMILES string of the molecule is CCC(CC)(CNC)CN(C)c1ccccc1OC. The van der Waals surface area contributed by atoms with E-state index >= 15 is 0 Å². The second-order valence-electron chi connectivity index (χ2n) is 5.27. The van der Waals surface area contributed by atoms with Crippen LogP contribution >= 0.6 is 0 Å². The molecule has 0 bridgehead atoms. The average Bonchev–Trinajstić information content (AvgIpc) is 2.46. The van der Waals surface area contributed by atoms with Gasteiger partial charge in [-0.2, -0.15) is 0 Å². The number of ether oxygens (including phenoxy) is 1. The van der Waals surface area contributed by atoms with Crippen LogP contribution < -0.4 is 15.0 Å². The number of para-hydroxylation sites is 2. The zero-order chi connectivity index (χ0) is 14.3. The summed E-state index contributed by atoms with van der Waals surface area (Å²) in [5.74, 6) is 0.940. The largest absolute Gasteiger partial charge is 0.495 e. The third kappa shape index (κ3) is 3.87. The fraction of sp³-hybridized carbons (Fsp3) is 0.625. The van der Waals surface area contributed by atoms with Crippen molar-refractivity contribution in [2.45, 2.75) is 26.7 Å². The van der Waals surface area contributed by atoms with Crippen molar-refractivity contribution in [2.24, 2.45) is 5.41 Å². The van der Waals surface area contributed by atoms with Crippen LogP contribution in [0.15, 0.2) is 24.3 Å². The monoisotopic (exact) mass is 264 g/mol. The molecule has 1 aromatic rings. The zero-order valence-corrected chi connectivity index (χ0v) is 13.0. The molecule has 0 aliphatic heterocycles. The highest BCUT2D eigenvalue weighted by molar-refractivity contribution is 5.58. The molecular formula is C16H28N2O. The van der Waals surface area contributed by atoms with Gasteiger partial charge in [-0.25, -0.2) is 0 Å². The lowest BCUT2D eigenvalue weighted by Gasteiger charge is -2.37. The van der Waals surface area contributed by atoms with Crippen LogP contribution in [0, 0.1) is 5.41 Å². The number of nitrogens with one attached hydrogen (secondary N) is 1. The van der Waals surface area contributed by atoms with Gasteiger partial charge in [0.1, 0.15) is 5.75 Å². The first kappa shape index (κ1) is 15.8. The summed E-state index contributed by atoms with van der Waals surface area (Å²) in [6.45, 7) is 6.62. The maximum absolute atomic E-state index is 5.45. The molecular weight excluding hydrogens is 236 g/mol. The number of nitrogens with zero attached hydrogens (tertiary/aromatic N) is 1. The molecule has 0 fully saturated rings. The number of rotatable bonds is 8. The van der Waals surface area contributed by atoms with E-state index in [4.69, 9.17) is 4.74 Å². The van der Waals surface area contributed by atoms with Crippen LogP contribution in [-0.4, -0.2) is 34.3 Å². The summed E-state index contributed by atoms with van der Waals surface area (Å²) in [5, 5.41) is 3.34. The predicted octanol–water partition coefficient (Wildman–Crippen LogP) is 3.16. The highest BCUT2D eigenvalue weighted by Gasteiger charge is 2.27. The van der Waals surface area contributed by atoms with E-state index in [1.165, 1.54) is 12.8 Å². The van der Waals surface area contributed by atoms with E-state index in [0.717, 1.165) is 24.5 Å². The standard InChI is InChI=1S/C16H28N2O/c1-6-16(7-2,12-17-3)13-18(4)14-10-8-9-11-15(14)19-5/h8-11,17H,6-7,12-13H2,1-5H3. The number of methoxy groups -OCH3 is 1. The number of anilines is 1. The minimum atomic E-state index is 0.310. The first-order valence-corrected chi connectivity index (χ1v) is 7.11. The Morgan fingerprint density at radius 2 is 1.84 bits per heavy atom. The Kier molecular flexibility index (Phi) is 6.16. The summed E-state index contributed by atoms with van der Waals surface area (Å²) in [7, 11) is 5.91. The van der Waals surface area contributed by atoms with E-state index in [-0.39, 0.29) is 0 Å². The van der Waals surface area contributed by atoms with E-state index in [9.17, 15) is 0 Å². The number of benzene rings is 1. The Bertz CT molecular complexity index is 375. The van der Waals surface area contributed by atoms with Crippen molar-refractivity contribution in [1.29, 1.82) is 0 Å². The van der Waals surface area contributed by atoms with Crippen molar-refractivity contribution >= 4 is 5.69 Å². The van der Waals surface area contributed by atoms with Gasteiger partial charge in [-0.15, -0.1) is 0 Å². The maximum atomic E-state index is 5.45. The maximum Gasteiger partial charge on any atom is 0.142 e. The molecule has 0 radical (unpaired) electrons. The van der Waals surface area contributed by atoms with Gasteiger partial charge < -0.3 is 15.0 Å². The van der Waals surface area contributed by atoms with Crippen LogP contribution in [0.1, 0.15) is 26.7 Å². The minimum absolute atomic E-state index is 0.310. The van der Waals surface area contributed by atoms with Gasteiger partial charge in [-0.1, -0.05) is 26.0 Å². The van der Waals surface area contributed by atoms with Crippen LogP contribution in [0.2, 0.25) is 0 Å². The van der Waals surface area contributed by atoms with Gasteiger partial charge in [0.15, 0.2) is 0 Å². The Labute approximate surface area is 118 Å². The van der Waals surface area contributed by atoms with Gasteiger partial charge in [0, 0.05) is 20.1 Å². The molecule has 0 aliphatic carbocycles. The molecule has 0 unspecified atom stereocenters. The second kappa shape index (κ2) is 7.39. The highest BCUT2D eigenvalue weighted by Crippen LogP contribution is 2.32.